The molecule has 0 aromatic heterocycles. The van der Waals surface area contributed by atoms with E-state index in [1.54, 1.807) is 6.07 Å². The summed E-state index contributed by atoms with van der Waals surface area (Å²) in [5, 5.41) is 0.565. The summed E-state index contributed by atoms with van der Waals surface area (Å²) in [6, 6.07) is 5.84. The van der Waals surface area contributed by atoms with Crippen molar-refractivity contribution in [1.82, 2.24) is 4.90 Å². The predicted octanol–water partition coefficient (Wildman–Crippen LogP) is 2.70. The second kappa shape index (κ2) is 3.28. The Morgan fingerprint density at radius 1 is 1.43 bits per heavy atom. The van der Waals surface area contributed by atoms with Crippen LogP contribution in [0.1, 0.15) is 29.8 Å². The molecule has 3 heteroatoms. The molecule has 0 fully saturated rings. The van der Waals surface area contributed by atoms with E-state index in [1.165, 1.54) is 0 Å². The van der Waals surface area contributed by atoms with Gasteiger partial charge in [0.1, 0.15) is 0 Å². The summed E-state index contributed by atoms with van der Waals surface area (Å²) in [7, 11) is 0. The third kappa shape index (κ3) is 1.30. The first-order valence-corrected chi connectivity index (χ1v) is 5.07. The molecule has 0 radical (unpaired) electrons. The average Bonchev–Trinajstić information content (AvgIpc) is 2.45. The number of carbonyl (C=O) groups is 1. The molecule has 0 spiro atoms. The lowest BCUT2D eigenvalue weighted by molar-refractivity contribution is 0.0731. The van der Waals surface area contributed by atoms with Gasteiger partial charge in [0.2, 0.25) is 0 Å². The summed E-state index contributed by atoms with van der Waals surface area (Å²) in [4.78, 5) is 13.7. The lowest BCUT2D eigenvalue weighted by Crippen LogP contribution is -2.30. The third-order valence-corrected chi connectivity index (χ3v) is 2.85. The maximum Gasteiger partial charge on any atom is 0.256 e. The van der Waals surface area contributed by atoms with E-state index in [2.05, 4.69) is 0 Å². The van der Waals surface area contributed by atoms with Crippen molar-refractivity contribution in [1.29, 1.82) is 0 Å². The van der Waals surface area contributed by atoms with Crippen LogP contribution in [0.5, 0.6) is 0 Å². The van der Waals surface area contributed by atoms with Gasteiger partial charge in [-0.1, -0.05) is 23.7 Å². The van der Waals surface area contributed by atoms with Gasteiger partial charge in [-0.3, -0.25) is 4.79 Å². The van der Waals surface area contributed by atoms with Crippen molar-refractivity contribution >= 4 is 17.5 Å². The van der Waals surface area contributed by atoms with Crippen LogP contribution >= 0.6 is 11.6 Å². The minimum atomic E-state index is 0.0561. The van der Waals surface area contributed by atoms with Gasteiger partial charge in [-0.2, -0.15) is 0 Å². The fourth-order valence-electron chi connectivity index (χ4n) is 1.76. The van der Waals surface area contributed by atoms with Gasteiger partial charge in [0, 0.05) is 12.6 Å². The number of halogens is 1. The zero-order chi connectivity index (χ0) is 10.3. The van der Waals surface area contributed by atoms with E-state index in [9.17, 15) is 4.79 Å². The molecule has 0 saturated carbocycles. The molecule has 1 heterocycles. The fourth-order valence-corrected chi connectivity index (χ4v) is 2.03. The number of carbonyl (C=O) groups excluding carboxylic acids is 1. The predicted molar refractivity (Wildman–Crippen MR) is 56.5 cm³/mol. The number of amides is 1. The van der Waals surface area contributed by atoms with E-state index in [0.29, 0.717) is 17.1 Å². The van der Waals surface area contributed by atoms with Gasteiger partial charge < -0.3 is 4.90 Å². The summed E-state index contributed by atoms with van der Waals surface area (Å²) < 4.78 is 0. The summed E-state index contributed by atoms with van der Waals surface area (Å²) in [5.74, 6) is 0.0561. The van der Waals surface area contributed by atoms with Crippen LogP contribution in [0.4, 0.5) is 0 Å². The fraction of sp³-hybridized carbons (Fsp3) is 0.364. The average molecular weight is 210 g/mol. The molecule has 0 bridgehead atoms. The van der Waals surface area contributed by atoms with Gasteiger partial charge in [0.15, 0.2) is 0 Å². The van der Waals surface area contributed by atoms with E-state index in [-0.39, 0.29) is 11.9 Å². The number of hydrogen-bond acceptors (Lipinski definition) is 1. The first-order chi connectivity index (χ1) is 6.61. The smallest absolute Gasteiger partial charge is 0.256 e. The molecule has 1 aliphatic rings. The Balaban J connectivity index is 2.46. The summed E-state index contributed by atoms with van der Waals surface area (Å²) in [5.41, 5.74) is 1.72. The van der Waals surface area contributed by atoms with Crippen LogP contribution in [-0.2, 0) is 6.54 Å². The van der Waals surface area contributed by atoms with E-state index in [1.807, 2.05) is 30.9 Å². The Hall–Kier alpha value is -1.02. The lowest BCUT2D eigenvalue weighted by Gasteiger charge is -2.19. The minimum absolute atomic E-state index is 0.0561. The SMILES string of the molecule is CC(C)N1Cc2cccc(Cl)c2C1=O. The summed E-state index contributed by atoms with van der Waals surface area (Å²) >= 11 is 5.99. The van der Waals surface area contributed by atoms with Crippen molar-refractivity contribution in [3.8, 4) is 0 Å². The number of hydrogen-bond donors (Lipinski definition) is 0. The van der Waals surface area contributed by atoms with Crippen molar-refractivity contribution in [2.75, 3.05) is 0 Å². The molecular formula is C11H12ClNO. The first-order valence-electron chi connectivity index (χ1n) is 4.69. The number of benzene rings is 1. The molecule has 14 heavy (non-hydrogen) atoms. The summed E-state index contributed by atoms with van der Waals surface area (Å²) in [6.45, 7) is 4.71. The van der Waals surface area contributed by atoms with Crippen molar-refractivity contribution < 1.29 is 4.79 Å². The number of rotatable bonds is 1. The van der Waals surface area contributed by atoms with Crippen LogP contribution in [-0.4, -0.2) is 16.8 Å². The largest absolute Gasteiger partial charge is 0.332 e. The number of nitrogens with zero attached hydrogens (tertiary/aromatic N) is 1. The van der Waals surface area contributed by atoms with Gasteiger partial charge >= 0.3 is 0 Å². The van der Waals surface area contributed by atoms with Gasteiger partial charge in [-0.15, -0.1) is 0 Å². The Bertz CT molecular complexity index is 387. The van der Waals surface area contributed by atoms with Gasteiger partial charge in [0.05, 0.1) is 10.6 Å². The quantitative estimate of drug-likeness (QED) is 0.697. The molecule has 74 valence electrons. The van der Waals surface area contributed by atoms with Crippen LogP contribution < -0.4 is 0 Å². The van der Waals surface area contributed by atoms with E-state index in [4.69, 9.17) is 11.6 Å². The second-order valence-corrected chi connectivity index (χ2v) is 4.21. The van der Waals surface area contributed by atoms with Crippen LogP contribution in [0.15, 0.2) is 18.2 Å². The standard InChI is InChI=1S/C11H12ClNO/c1-7(2)13-6-8-4-3-5-9(12)10(8)11(13)14/h3-5,7H,6H2,1-2H3. The monoisotopic (exact) mass is 209 g/mol. The van der Waals surface area contributed by atoms with Crippen molar-refractivity contribution in [2.45, 2.75) is 26.4 Å². The normalized spacial score (nSPS) is 15.1. The molecule has 0 aliphatic carbocycles. The molecule has 1 aliphatic heterocycles. The molecule has 0 atom stereocenters. The Labute approximate surface area is 88.5 Å². The molecule has 0 N–H and O–H groups in total. The molecule has 1 amide bonds. The van der Waals surface area contributed by atoms with Gasteiger partial charge in [-0.05, 0) is 25.5 Å². The highest BCUT2D eigenvalue weighted by molar-refractivity contribution is 6.34. The molecule has 0 unspecified atom stereocenters. The highest BCUT2D eigenvalue weighted by Crippen LogP contribution is 2.29. The van der Waals surface area contributed by atoms with Crippen LogP contribution in [0, 0.1) is 0 Å². The van der Waals surface area contributed by atoms with Crippen LogP contribution in [0.25, 0.3) is 0 Å². The molecule has 0 saturated heterocycles. The first kappa shape index (κ1) is 9.53. The maximum absolute atomic E-state index is 11.9. The van der Waals surface area contributed by atoms with Gasteiger partial charge in [0.25, 0.3) is 5.91 Å². The third-order valence-electron chi connectivity index (χ3n) is 2.54. The molecule has 2 nitrogen and oxygen atoms in total. The molecule has 1 aromatic rings. The van der Waals surface area contributed by atoms with Gasteiger partial charge in [-0.25, -0.2) is 0 Å². The van der Waals surface area contributed by atoms with Crippen molar-refractivity contribution in [3.05, 3.63) is 34.3 Å². The molecule has 1 aromatic carbocycles. The Kier molecular flexibility index (Phi) is 2.23. The molecular weight excluding hydrogens is 198 g/mol. The lowest BCUT2D eigenvalue weighted by atomic mass is 10.1. The second-order valence-electron chi connectivity index (χ2n) is 3.80. The van der Waals surface area contributed by atoms with Crippen LogP contribution in [0.2, 0.25) is 5.02 Å². The topological polar surface area (TPSA) is 20.3 Å². The zero-order valence-electron chi connectivity index (χ0n) is 8.25. The highest BCUT2D eigenvalue weighted by atomic mass is 35.5. The highest BCUT2D eigenvalue weighted by Gasteiger charge is 2.30. The van der Waals surface area contributed by atoms with Crippen molar-refractivity contribution in [3.63, 3.8) is 0 Å². The Morgan fingerprint density at radius 2 is 2.14 bits per heavy atom. The number of fused-ring (bicyclic) bond motifs is 1. The van der Waals surface area contributed by atoms with Crippen LogP contribution in [0.3, 0.4) is 0 Å². The van der Waals surface area contributed by atoms with E-state index < -0.39 is 0 Å². The minimum Gasteiger partial charge on any atom is -0.332 e. The van der Waals surface area contributed by atoms with E-state index in [0.717, 1.165) is 5.56 Å². The van der Waals surface area contributed by atoms with E-state index >= 15 is 0 Å². The zero-order valence-corrected chi connectivity index (χ0v) is 9.01. The molecule has 2 rings (SSSR count). The maximum atomic E-state index is 11.9. The van der Waals surface area contributed by atoms with Crippen molar-refractivity contribution in [2.24, 2.45) is 0 Å². The summed E-state index contributed by atoms with van der Waals surface area (Å²) in [6.07, 6.45) is 0. The Morgan fingerprint density at radius 3 is 2.71 bits per heavy atom.